The highest BCUT2D eigenvalue weighted by molar-refractivity contribution is 6.29. The quantitative estimate of drug-likeness (QED) is 0.562. The van der Waals surface area contributed by atoms with E-state index in [1.807, 2.05) is 6.07 Å². The van der Waals surface area contributed by atoms with Gasteiger partial charge in [0.05, 0.1) is 6.04 Å². The Morgan fingerprint density at radius 3 is 2.71 bits per heavy atom. The molecule has 1 fully saturated rings. The lowest BCUT2D eigenvalue weighted by atomic mass is 10.1. The second kappa shape index (κ2) is 4.07. The molecule has 0 N–H and O–H groups in total. The van der Waals surface area contributed by atoms with E-state index in [4.69, 9.17) is 11.6 Å². The average molecular weight is 211 g/mol. The van der Waals surface area contributed by atoms with Crippen LogP contribution in [0.25, 0.3) is 0 Å². The van der Waals surface area contributed by atoms with Crippen molar-refractivity contribution in [2.75, 3.05) is 13.1 Å². The van der Waals surface area contributed by atoms with Crippen molar-refractivity contribution in [2.24, 2.45) is 0 Å². The third kappa shape index (κ3) is 1.79. The SMILES string of the molecule is O=CC(c1ccc(Cl)nc1)N1CCC1. The summed E-state index contributed by atoms with van der Waals surface area (Å²) in [7, 11) is 0. The molecule has 1 aliphatic rings. The first kappa shape index (κ1) is 9.62. The van der Waals surface area contributed by atoms with Crippen LogP contribution in [0.1, 0.15) is 18.0 Å². The lowest BCUT2D eigenvalue weighted by molar-refractivity contribution is -0.114. The largest absolute Gasteiger partial charge is 0.301 e. The molecule has 0 spiro atoms. The number of hydrogen-bond acceptors (Lipinski definition) is 3. The van der Waals surface area contributed by atoms with E-state index in [9.17, 15) is 4.79 Å². The molecule has 0 bridgehead atoms. The van der Waals surface area contributed by atoms with Gasteiger partial charge in [-0.1, -0.05) is 17.7 Å². The number of hydrogen-bond donors (Lipinski definition) is 0. The Bertz CT molecular complexity index is 321. The monoisotopic (exact) mass is 210 g/mol. The fourth-order valence-corrected chi connectivity index (χ4v) is 1.67. The van der Waals surface area contributed by atoms with Crippen molar-refractivity contribution in [1.29, 1.82) is 0 Å². The summed E-state index contributed by atoms with van der Waals surface area (Å²) >= 11 is 5.67. The smallest absolute Gasteiger partial charge is 0.141 e. The first-order chi connectivity index (χ1) is 6.81. The van der Waals surface area contributed by atoms with Crippen LogP contribution in [0.5, 0.6) is 0 Å². The van der Waals surface area contributed by atoms with E-state index < -0.39 is 0 Å². The first-order valence-electron chi connectivity index (χ1n) is 4.62. The third-order valence-corrected chi connectivity index (χ3v) is 2.73. The molecule has 0 amide bonds. The minimum Gasteiger partial charge on any atom is -0.301 e. The predicted molar refractivity (Wildman–Crippen MR) is 54.2 cm³/mol. The van der Waals surface area contributed by atoms with Crippen LogP contribution in [-0.4, -0.2) is 29.3 Å². The van der Waals surface area contributed by atoms with Gasteiger partial charge in [0.1, 0.15) is 11.4 Å². The van der Waals surface area contributed by atoms with Gasteiger partial charge in [0.15, 0.2) is 0 Å². The molecule has 1 aromatic heterocycles. The van der Waals surface area contributed by atoms with E-state index in [1.165, 1.54) is 6.42 Å². The number of likely N-dealkylation sites (tertiary alicyclic amines) is 1. The second-order valence-electron chi connectivity index (χ2n) is 3.38. The molecule has 74 valence electrons. The number of pyridine rings is 1. The minimum absolute atomic E-state index is 0.145. The van der Waals surface area contributed by atoms with Crippen LogP contribution >= 0.6 is 11.6 Å². The van der Waals surface area contributed by atoms with Gasteiger partial charge in [-0.25, -0.2) is 4.98 Å². The molecule has 0 saturated carbocycles. The van der Waals surface area contributed by atoms with Crippen molar-refractivity contribution in [1.82, 2.24) is 9.88 Å². The maximum absolute atomic E-state index is 10.9. The summed E-state index contributed by atoms with van der Waals surface area (Å²) in [5.74, 6) is 0. The first-order valence-corrected chi connectivity index (χ1v) is 5.00. The molecular weight excluding hydrogens is 200 g/mol. The Labute approximate surface area is 87.7 Å². The van der Waals surface area contributed by atoms with Crippen LogP contribution in [0.3, 0.4) is 0 Å². The molecule has 1 aliphatic heterocycles. The highest BCUT2D eigenvalue weighted by Crippen LogP contribution is 2.23. The molecule has 3 nitrogen and oxygen atoms in total. The van der Waals surface area contributed by atoms with Gasteiger partial charge in [-0.2, -0.15) is 0 Å². The van der Waals surface area contributed by atoms with Crippen molar-refractivity contribution >= 4 is 17.9 Å². The van der Waals surface area contributed by atoms with E-state index in [-0.39, 0.29) is 6.04 Å². The van der Waals surface area contributed by atoms with E-state index in [2.05, 4.69) is 9.88 Å². The summed E-state index contributed by atoms with van der Waals surface area (Å²) in [6.45, 7) is 1.98. The number of halogens is 1. The molecule has 2 rings (SSSR count). The Morgan fingerprint density at radius 1 is 1.50 bits per heavy atom. The molecular formula is C10H11ClN2O. The minimum atomic E-state index is -0.145. The van der Waals surface area contributed by atoms with Gasteiger partial charge in [-0.3, -0.25) is 4.90 Å². The van der Waals surface area contributed by atoms with E-state index >= 15 is 0 Å². The summed E-state index contributed by atoms with van der Waals surface area (Å²) < 4.78 is 0. The summed E-state index contributed by atoms with van der Waals surface area (Å²) in [5, 5.41) is 0.460. The molecule has 1 saturated heterocycles. The molecule has 1 aromatic rings. The van der Waals surface area contributed by atoms with Gasteiger partial charge < -0.3 is 4.79 Å². The normalized spacial score (nSPS) is 18.6. The molecule has 0 aromatic carbocycles. The van der Waals surface area contributed by atoms with Crippen molar-refractivity contribution in [3.8, 4) is 0 Å². The number of carbonyl (C=O) groups is 1. The topological polar surface area (TPSA) is 33.2 Å². The lowest BCUT2D eigenvalue weighted by Crippen LogP contribution is -2.40. The molecule has 0 radical (unpaired) electrons. The molecule has 1 unspecified atom stereocenters. The molecule has 4 heteroatoms. The fraction of sp³-hybridized carbons (Fsp3) is 0.400. The van der Waals surface area contributed by atoms with Crippen molar-refractivity contribution < 1.29 is 4.79 Å². The van der Waals surface area contributed by atoms with E-state index in [0.29, 0.717) is 5.15 Å². The highest BCUT2D eigenvalue weighted by atomic mass is 35.5. The standard InChI is InChI=1S/C10H11ClN2O/c11-10-3-2-8(6-12-10)9(7-14)13-4-1-5-13/h2-3,6-7,9H,1,4-5H2. The number of rotatable bonds is 3. The van der Waals surface area contributed by atoms with Crippen LogP contribution < -0.4 is 0 Å². The van der Waals surface area contributed by atoms with Crippen molar-refractivity contribution in [2.45, 2.75) is 12.5 Å². The van der Waals surface area contributed by atoms with Crippen molar-refractivity contribution in [3.63, 3.8) is 0 Å². The average Bonchev–Trinajstić information content (AvgIpc) is 2.13. The molecule has 1 atom stereocenters. The van der Waals surface area contributed by atoms with Gasteiger partial charge >= 0.3 is 0 Å². The van der Waals surface area contributed by atoms with Gasteiger partial charge in [-0.05, 0) is 18.1 Å². The van der Waals surface area contributed by atoms with Crippen LogP contribution in [0, 0.1) is 0 Å². The number of aldehydes is 1. The second-order valence-corrected chi connectivity index (χ2v) is 3.77. The van der Waals surface area contributed by atoms with Crippen LogP contribution in [0.2, 0.25) is 5.15 Å². The van der Waals surface area contributed by atoms with Crippen molar-refractivity contribution in [3.05, 3.63) is 29.0 Å². The number of aromatic nitrogens is 1. The maximum atomic E-state index is 10.9. The van der Waals surface area contributed by atoms with Gasteiger partial charge in [-0.15, -0.1) is 0 Å². The zero-order valence-electron chi connectivity index (χ0n) is 7.69. The molecule has 0 aliphatic carbocycles. The molecule has 14 heavy (non-hydrogen) atoms. The zero-order chi connectivity index (χ0) is 9.97. The van der Waals surface area contributed by atoms with Gasteiger partial charge in [0, 0.05) is 19.3 Å². The summed E-state index contributed by atoms with van der Waals surface area (Å²) in [4.78, 5) is 17.0. The summed E-state index contributed by atoms with van der Waals surface area (Å²) in [5.41, 5.74) is 0.920. The van der Waals surface area contributed by atoms with Crippen LogP contribution in [0.4, 0.5) is 0 Å². The van der Waals surface area contributed by atoms with Crippen LogP contribution in [0.15, 0.2) is 18.3 Å². The highest BCUT2D eigenvalue weighted by Gasteiger charge is 2.24. The Morgan fingerprint density at radius 2 is 2.29 bits per heavy atom. The molecule has 2 heterocycles. The van der Waals surface area contributed by atoms with E-state index in [0.717, 1.165) is 24.9 Å². The summed E-state index contributed by atoms with van der Waals surface area (Å²) in [6, 6.07) is 3.42. The Hall–Kier alpha value is -0.930. The summed E-state index contributed by atoms with van der Waals surface area (Å²) in [6.07, 6.45) is 3.80. The third-order valence-electron chi connectivity index (χ3n) is 2.50. The fourth-order valence-electron chi connectivity index (χ4n) is 1.56. The Balaban J connectivity index is 2.18. The predicted octanol–water partition coefficient (Wildman–Crippen LogP) is 1.68. The Kier molecular flexibility index (Phi) is 2.79. The number of carbonyl (C=O) groups excluding carboxylic acids is 1. The lowest BCUT2D eigenvalue weighted by Gasteiger charge is -2.35. The van der Waals surface area contributed by atoms with Gasteiger partial charge in [0.25, 0.3) is 0 Å². The number of nitrogens with zero attached hydrogens (tertiary/aromatic N) is 2. The van der Waals surface area contributed by atoms with Gasteiger partial charge in [0.2, 0.25) is 0 Å². The van der Waals surface area contributed by atoms with Crippen LogP contribution in [-0.2, 0) is 4.79 Å². The maximum Gasteiger partial charge on any atom is 0.141 e. The zero-order valence-corrected chi connectivity index (χ0v) is 8.44. The van der Waals surface area contributed by atoms with E-state index in [1.54, 1.807) is 12.3 Å².